The predicted octanol–water partition coefficient (Wildman–Crippen LogP) is 3.50. The highest BCUT2D eigenvalue weighted by Gasteiger charge is 2.20. The smallest absolute Gasteiger partial charge is 0.185 e. The molecule has 0 spiro atoms. The molecule has 0 amide bonds. The van der Waals surface area contributed by atoms with E-state index in [0.717, 1.165) is 48.6 Å². The number of rotatable bonds is 8. The largest absolute Gasteiger partial charge is 0.491 e. The molecule has 0 radical (unpaired) electrons. The van der Waals surface area contributed by atoms with Gasteiger partial charge in [-0.05, 0) is 36.4 Å². The van der Waals surface area contributed by atoms with Crippen LogP contribution in [0.1, 0.15) is 0 Å². The fourth-order valence-electron chi connectivity index (χ4n) is 3.27. The minimum Gasteiger partial charge on any atom is -0.491 e. The number of β-amino-alcohol motifs (C(OH)–C–C–N with tert-alkyl or cyclic N) is 1. The van der Waals surface area contributed by atoms with Crippen LogP contribution in [0.25, 0.3) is 0 Å². The highest BCUT2D eigenvalue weighted by atomic mass is 32.1. The van der Waals surface area contributed by atoms with Gasteiger partial charge in [0.15, 0.2) is 5.13 Å². The molecule has 1 saturated heterocycles. The van der Waals surface area contributed by atoms with Crippen LogP contribution in [0.4, 0.5) is 5.13 Å². The van der Waals surface area contributed by atoms with Gasteiger partial charge in [-0.3, -0.25) is 4.90 Å². The molecule has 0 bridgehead atoms. The monoisotopic (exact) mass is 411 g/mol. The molecule has 0 saturated carbocycles. The number of thiazole rings is 1. The first-order valence-electron chi connectivity index (χ1n) is 9.77. The molecule has 6 nitrogen and oxygen atoms in total. The van der Waals surface area contributed by atoms with Gasteiger partial charge in [-0.1, -0.05) is 18.2 Å². The first-order chi connectivity index (χ1) is 14.3. The molecule has 7 heteroatoms. The number of hydrogen-bond donors (Lipinski definition) is 1. The van der Waals surface area contributed by atoms with Crippen molar-refractivity contribution < 1.29 is 14.6 Å². The molecule has 1 aliphatic rings. The maximum atomic E-state index is 10.3. The van der Waals surface area contributed by atoms with Crippen molar-refractivity contribution >= 4 is 16.5 Å². The Balaban J connectivity index is 1.18. The molecule has 3 aromatic rings. The third kappa shape index (κ3) is 5.69. The summed E-state index contributed by atoms with van der Waals surface area (Å²) in [5.74, 6) is 2.27. The lowest BCUT2D eigenvalue weighted by Gasteiger charge is -2.35. The van der Waals surface area contributed by atoms with Crippen molar-refractivity contribution in [3.63, 3.8) is 0 Å². The lowest BCUT2D eigenvalue weighted by Crippen LogP contribution is -2.49. The molecule has 1 fully saturated rings. The lowest BCUT2D eigenvalue weighted by molar-refractivity contribution is 0.0663. The summed E-state index contributed by atoms with van der Waals surface area (Å²) in [4.78, 5) is 8.93. The number of hydrogen-bond acceptors (Lipinski definition) is 7. The molecule has 1 aromatic heterocycles. The van der Waals surface area contributed by atoms with E-state index in [1.165, 1.54) is 0 Å². The third-order valence-electron chi connectivity index (χ3n) is 4.78. The molecular weight excluding hydrogens is 386 g/mol. The summed E-state index contributed by atoms with van der Waals surface area (Å²) >= 11 is 1.67. The van der Waals surface area contributed by atoms with E-state index in [9.17, 15) is 5.11 Å². The Bertz CT molecular complexity index is 851. The van der Waals surface area contributed by atoms with E-state index in [-0.39, 0.29) is 6.61 Å². The summed E-state index contributed by atoms with van der Waals surface area (Å²) in [5, 5.41) is 13.4. The molecule has 0 unspecified atom stereocenters. The second-order valence-corrected chi connectivity index (χ2v) is 7.83. The number of para-hydroxylation sites is 1. The predicted molar refractivity (Wildman–Crippen MR) is 115 cm³/mol. The van der Waals surface area contributed by atoms with Gasteiger partial charge < -0.3 is 19.5 Å². The highest BCUT2D eigenvalue weighted by molar-refractivity contribution is 7.13. The van der Waals surface area contributed by atoms with Crippen LogP contribution in [0, 0.1) is 0 Å². The highest BCUT2D eigenvalue weighted by Crippen LogP contribution is 2.23. The second-order valence-electron chi connectivity index (χ2n) is 6.95. The molecule has 0 aliphatic carbocycles. The Labute approximate surface area is 174 Å². The Kier molecular flexibility index (Phi) is 6.61. The van der Waals surface area contributed by atoms with Gasteiger partial charge in [0.1, 0.15) is 30.0 Å². The minimum atomic E-state index is -0.526. The first-order valence-corrected chi connectivity index (χ1v) is 10.6. The summed E-state index contributed by atoms with van der Waals surface area (Å²) in [5.41, 5.74) is 0. The van der Waals surface area contributed by atoms with Gasteiger partial charge in [-0.2, -0.15) is 0 Å². The van der Waals surface area contributed by atoms with Crippen molar-refractivity contribution in [1.82, 2.24) is 9.88 Å². The standard InChI is InChI=1S/C22H25N3O3S/c26-18(16-24-11-13-25(14-12-24)22-23-10-15-29-22)17-27-19-6-8-21(9-7-19)28-20-4-2-1-3-5-20/h1-10,15,18,26H,11-14,16-17H2/t18-/m0/s1. The molecule has 1 atom stereocenters. The summed E-state index contributed by atoms with van der Waals surface area (Å²) in [7, 11) is 0. The van der Waals surface area contributed by atoms with Crippen molar-refractivity contribution in [3.8, 4) is 17.2 Å². The molecular formula is C22H25N3O3S. The number of aromatic nitrogens is 1. The number of anilines is 1. The van der Waals surface area contributed by atoms with Crippen LogP contribution in [0.2, 0.25) is 0 Å². The van der Waals surface area contributed by atoms with E-state index in [4.69, 9.17) is 9.47 Å². The van der Waals surface area contributed by atoms with Crippen LogP contribution < -0.4 is 14.4 Å². The zero-order valence-corrected chi connectivity index (χ0v) is 17.0. The summed E-state index contributed by atoms with van der Waals surface area (Å²) in [6, 6.07) is 17.1. The van der Waals surface area contributed by atoms with Gasteiger partial charge in [0.05, 0.1) is 0 Å². The number of aliphatic hydroxyl groups is 1. The Morgan fingerprint density at radius 2 is 1.62 bits per heavy atom. The second kappa shape index (κ2) is 9.73. The van der Waals surface area contributed by atoms with Crippen LogP contribution >= 0.6 is 11.3 Å². The van der Waals surface area contributed by atoms with E-state index in [1.54, 1.807) is 11.3 Å². The molecule has 4 rings (SSSR count). The van der Waals surface area contributed by atoms with Crippen molar-refractivity contribution in [3.05, 3.63) is 66.2 Å². The van der Waals surface area contributed by atoms with E-state index in [2.05, 4.69) is 14.8 Å². The third-order valence-corrected chi connectivity index (χ3v) is 5.61. The van der Waals surface area contributed by atoms with Crippen molar-refractivity contribution in [1.29, 1.82) is 0 Å². The summed E-state index contributed by atoms with van der Waals surface area (Å²) in [6.07, 6.45) is 1.31. The van der Waals surface area contributed by atoms with Gasteiger partial charge in [0, 0.05) is 44.3 Å². The molecule has 1 aliphatic heterocycles. The van der Waals surface area contributed by atoms with Gasteiger partial charge in [-0.15, -0.1) is 11.3 Å². The Morgan fingerprint density at radius 1 is 0.931 bits per heavy atom. The summed E-state index contributed by atoms with van der Waals surface area (Å²) in [6.45, 7) is 4.59. The molecule has 29 heavy (non-hydrogen) atoms. The molecule has 2 heterocycles. The van der Waals surface area contributed by atoms with Crippen LogP contribution in [-0.4, -0.2) is 60.4 Å². The average molecular weight is 412 g/mol. The maximum absolute atomic E-state index is 10.3. The zero-order valence-electron chi connectivity index (χ0n) is 16.2. The molecule has 1 N–H and O–H groups in total. The fraction of sp³-hybridized carbons (Fsp3) is 0.318. The van der Waals surface area contributed by atoms with Gasteiger partial charge in [-0.25, -0.2) is 4.98 Å². The summed E-state index contributed by atoms with van der Waals surface area (Å²) < 4.78 is 11.5. The van der Waals surface area contributed by atoms with Crippen LogP contribution in [0.5, 0.6) is 17.2 Å². The van der Waals surface area contributed by atoms with Crippen molar-refractivity contribution in [2.24, 2.45) is 0 Å². The topological polar surface area (TPSA) is 58.1 Å². The van der Waals surface area contributed by atoms with Gasteiger partial charge in [0.25, 0.3) is 0 Å². The first kappa shape index (κ1) is 19.7. The quantitative estimate of drug-likeness (QED) is 0.612. The Hall–Kier alpha value is -2.61. The number of benzene rings is 2. The number of piperazine rings is 1. The molecule has 152 valence electrons. The van der Waals surface area contributed by atoms with Gasteiger partial charge >= 0.3 is 0 Å². The van der Waals surface area contributed by atoms with Crippen LogP contribution in [-0.2, 0) is 0 Å². The van der Waals surface area contributed by atoms with Crippen molar-refractivity contribution in [2.75, 3.05) is 44.2 Å². The maximum Gasteiger partial charge on any atom is 0.185 e. The molecule has 2 aromatic carbocycles. The normalized spacial score (nSPS) is 15.8. The van der Waals surface area contributed by atoms with Gasteiger partial charge in [0.2, 0.25) is 0 Å². The number of nitrogens with zero attached hydrogens (tertiary/aromatic N) is 3. The number of aliphatic hydroxyl groups excluding tert-OH is 1. The minimum absolute atomic E-state index is 0.269. The zero-order chi connectivity index (χ0) is 19.9. The lowest BCUT2D eigenvalue weighted by atomic mass is 10.2. The SMILES string of the molecule is O[C@H](COc1ccc(Oc2ccccc2)cc1)CN1CCN(c2nccs2)CC1. The van der Waals surface area contributed by atoms with Crippen molar-refractivity contribution in [2.45, 2.75) is 6.10 Å². The van der Waals surface area contributed by atoms with E-state index in [1.807, 2.05) is 66.2 Å². The van der Waals surface area contributed by atoms with Crippen LogP contribution in [0.3, 0.4) is 0 Å². The van der Waals surface area contributed by atoms with E-state index in [0.29, 0.717) is 6.54 Å². The fourth-order valence-corrected chi connectivity index (χ4v) is 3.96. The average Bonchev–Trinajstić information content (AvgIpc) is 3.30. The number of ether oxygens (including phenoxy) is 2. The Morgan fingerprint density at radius 3 is 2.31 bits per heavy atom. The van der Waals surface area contributed by atoms with Crippen LogP contribution in [0.15, 0.2) is 66.2 Å². The van der Waals surface area contributed by atoms with E-state index >= 15 is 0 Å². The van der Waals surface area contributed by atoms with E-state index < -0.39 is 6.10 Å².